The molecule has 1 N–H and O–H groups in total. The van der Waals surface area contributed by atoms with Gasteiger partial charge < -0.3 is 14.3 Å². The second kappa shape index (κ2) is 4.65. The standard InChI is InChI=1S/C13H13BrN2O2/c14-9-6-12(15-7-9)13(17)16(10-3-4-10)8-11-2-1-5-18-11/h1-2,5-7,10,15H,3-4,8H2. The number of amides is 1. The van der Waals surface area contributed by atoms with Crippen LogP contribution in [0.25, 0.3) is 0 Å². The van der Waals surface area contributed by atoms with Gasteiger partial charge in [0.2, 0.25) is 0 Å². The summed E-state index contributed by atoms with van der Waals surface area (Å²) in [5.74, 6) is 0.848. The highest BCUT2D eigenvalue weighted by atomic mass is 79.9. The van der Waals surface area contributed by atoms with Crippen molar-refractivity contribution in [2.75, 3.05) is 0 Å². The first-order chi connectivity index (χ1) is 8.74. The Kier molecular flexibility index (Phi) is 2.99. The van der Waals surface area contributed by atoms with Gasteiger partial charge >= 0.3 is 0 Å². The first-order valence-electron chi connectivity index (χ1n) is 5.91. The molecule has 18 heavy (non-hydrogen) atoms. The van der Waals surface area contributed by atoms with Crippen LogP contribution < -0.4 is 0 Å². The average molecular weight is 309 g/mol. The first kappa shape index (κ1) is 11.6. The Morgan fingerprint density at radius 2 is 2.39 bits per heavy atom. The molecule has 2 aromatic rings. The van der Waals surface area contributed by atoms with Gasteiger partial charge in [-0.15, -0.1) is 0 Å². The Labute approximate surface area is 113 Å². The van der Waals surface area contributed by atoms with Gasteiger partial charge in [-0.1, -0.05) is 0 Å². The van der Waals surface area contributed by atoms with Crippen LogP contribution in [0.1, 0.15) is 29.1 Å². The van der Waals surface area contributed by atoms with Crippen molar-refractivity contribution in [1.82, 2.24) is 9.88 Å². The van der Waals surface area contributed by atoms with Gasteiger partial charge in [-0.25, -0.2) is 0 Å². The predicted octanol–water partition coefficient (Wildman–Crippen LogP) is 3.18. The van der Waals surface area contributed by atoms with Crippen LogP contribution in [0.4, 0.5) is 0 Å². The number of aromatic amines is 1. The third-order valence-electron chi connectivity index (χ3n) is 3.03. The SMILES string of the molecule is O=C(c1cc(Br)c[nH]1)N(Cc1ccco1)C1CC1. The minimum Gasteiger partial charge on any atom is -0.467 e. The lowest BCUT2D eigenvalue weighted by atomic mass is 10.3. The average Bonchev–Trinajstić information content (AvgIpc) is 2.88. The van der Waals surface area contributed by atoms with Gasteiger partial charge in [0.15, 0.2) is 0 Å². The molecule has 2 aromatic heterocycles. The Bertz CT molecular complexity index is 543. The van der Waals surface area contributed by atoms with Crippen LogP contribution in [0.3, 0.4) is 0 Å². The highest BCUT2D eigenvalue weighted by Gasteiger charge is 2.34. The quantitative estimate of drug-likeness (QED) is 0.943. The van der Waals surface area contributed by atoms with E-state index in [9.17, 15) is 4.79 Å². The highest BCUT2D eigenvalue weighted by Crippen LogP contribution is 2.30. The van der Waals surface area contributed by atoms with Crippen molar-refractivity contribution in [1.29, 1.82) is 0 Å². The number of rotatable bonds is 4. The molecule has 1 aliphatic carbocycles. The second-order valence-corrected chi connectivity index (χ2v) is 5.39. The van der Waals surface area contributed by atoms with Crippen LogP contribution in [-0.2, 0) is 6.54 Å². The van der Waals surface area contributed by atoms with E-state index in [1.807, 2.05) is 17.0 Å². The third-order valence-corrected chi connectivity index (χ3v) is 3.49. The van der Waals surface area contributed by atoms with E-state index in [4.69, 9.17) is 4.42 Å². The van der Waals surface area contributed by atoms with E-state index < -0.39 is 0 Å². The number of H-pyrrole nitrogens is 1. The van der Waals surface area contributed by atoms with Crippen LogP contribution in [0.15, 0.2) is 39.5 Å². The summed E-state index contributed by atoms with van der Waals surface area (Å²) in [4.78, 5) is 17.2. The fourth-order valence-electron chi connectivity index (χ4n) is 1.97. The molecule has 0 spiro atoms. The highest BCUT2D eigenvalue weighted by molar-refractivity contribution is 9.10. The number of nitrogens with one attached hydrogen (secondary N) is 1. The van der Waals surface area contributed by atoms with Gasteiger partial charge in [0, 0.05) is 16.7 Å². The molecule has 5 heteroatoms. The summed E-state index contributed by atoms with van der Waals surface area (Å²) < 4.78 is 6.21. The van der Waals surface area contributed by atoms with Crippen LogP contribution in [0.2, 0.25) is 0 Å². The number of carbonyl (C=O) groups is 1. The summed E-state index contributed by atoms with van der Waals surface area (Å²) in [7, 11) is 0. The van der Waals surface area contributed by atoms with Crippen molar-refractivity contribution < 1.29 is 9.21 Å². The molecule has 94 valence electrons. The fourth-order valence-corrected chi connectivity index (χ4v) is 2.31. The lowest BCUT2D eigenvalue weighted by Gasteiger charge is -2.20. The molecule has 0 bridgehead atoms. The molecule has 1 saturated carbocycles. The molecule has 0 aromatic carbocycles. The van der Waals surface area contributed by atoms with E-state index in [0.29, 0.717) is 18.3 Å². The number of carbonyl (C=O) groups excluding carboxylic acids is 1. The molecule has 1 aliphatic rings. The minimum atomic E-state index is 0.0274. The number of hydrogen-bond donors (Lipinski definition) is 1. The normalized spacial score (nSPS) is 14.7. The Hall–Kier alpha value is -1.49. The molecular formula is C13H13BrN2O2. The first-order valence-corrected chi connectivity index (χ1v) is 6.70. The molecule has 0 atom stereocenters. The Morgan fingerprint density at radius 3 is 2.94 bits per heavy atom. The Balaban J connectivity index is 1.79. The maximum Gasteiger partial charge on any atom is 0.270 e. The summed E-state index contributed by atoms with van der Waals surface area (Å²) in [5, 5.41) is 0. The topological polar surface area (TPSA) is 49.2 Å². The van der Waals surface area contributed by atoms with Crippen molar-refractivity contribution in [2.45, 2.75) is 25.4 Å². The van der Waals surface area contributed by atoms with E-state index in [0.717, 1.165) is 23.1 Å². The molecule has 0 unspecified atom stereocenters. The molecule has 1 amide bonds. The smallest absolute Gasteiger partial charge is 0.270 e. The molecular weight excluding hydrogens is 296 g/mol. The van der Waals surface area contributed by atoms with Crippen molar-refractivity contribution in [3.63, 3.8) is 0 Å². The molecule has 4 nitrogen and oxygen atoms in total. The number of nitrogens with zero attached hydrogens (tertiary/aromatic N) is 1. The van der Waals surface area contributed by atoms with E-state index in [2.05, 4.69) is 20.9 Å². The maximum atomic E-state index is 12.4. The minimum absolute atomic E-state index is 0.0274. The largest absolute Gasteiger partial charge is 0.467 e. The van der Waals surface area contributed by atoms with E-state index in [-0.39, 0.29) is 5.91 Å². The monoisotopic (exact) mass is 308 g/mol. The summed E-state index contributed by atoms with van der Waals surface area (Å²) in [6.07, 6.45) is 5.56. The summed E-state index contributed by atoms with van der Waals surface area (Å²) in [6.45, 7) is 0.535. The zero-order chi connectivity index (χ0) is 12.5. The number of halogens is 1. The van der Waals surface area contributed by atoms with E-state index in [1.54, 1.807) is 18.5 Å². The van der Waals surface area contributed by atoms with Crippen LogP contribution in [0, 0.1) is 0 Å². The van der Waals surface area contributed by atoms with Crippen LogP contribution in [0.5, 0.6) is 0 Å². The van der Waals surface area contributed by atoms with Crippen molar-refractivity contribution >= 4 is 21.8 Å². The fraction of sp³-hybridized carbons (Fsp3) is 0.308. The molecule has 3 rings (SSSR count). The Morgan fingerprint density at radius 1 is 1.56 bits per heavy atom. The molecule has 2 heterocycles. The molecule has 0 aliphatic heterocycles. The van der Waals surface area contributed by atoms with Crippen molar-refractivity contribution in [2.24, 2.45) is 0 Å². The third kappa shape index (κ3) is 2.36. The lowest BCUT2D eigenvalue weighted by Crippen LogP contribution is -2.32. The zero-order valence-electron chi connectivity index (χ0n) is 9.73. The van der Waals surface area contributed by atoms with E-state index >= 15 is 0 Å². The van der Waals surface area contributed by atoms with Gasteiger partial charge in [0.25, 0.3) is 5.91 Å². The van der Waals surface area contributed by atoms with E-state index in [1.165, 1.54) is 0 Å². The van der Waals surface area contributed by atoms with Crippen LogP contribution >= 0.6 is 15.9 Å². The predicted molar refractivity (Wildman–Crippen MR) is 70.1 cm³/mol. The van der Waals surface area contributed by atoms with Gasteiger partial charge in [0.05, 0.1) is 12.8 Å². The van der Waals surface area contributed by atoms with Crippen molar-refractivity contribution in [3.05, 3.63) is 46.6 Å². The lowest BCUT2D eigenvalue weighted by molar-refractivity contribution is 0.0712. The van der Waals surface area contributed by atoms with Gasteiger partial charge in [-0.2, -0.15) is 0 Å². The number of hydrogen-bond acceptors (Lipinski definition) is 2. The second-order valence-electron chi connectivity index (χ2n) is 4.48. The van der Waals surface area contributed by atoms with Gasteiger partial charge in [0.1, 0.15) is 11.5 Å². The van der Waals surface area contributed by atoms with Crippen LogP contribution in [-0.4, -0.2) is 21.8 Å². The zero-order valence-corrected chi connectivity index (χ0v) is 11.3. The summed E-state index contributed by atoms with van der Waals surface area (Å²) in [6, 6.07) is 5.90. The van der Waals surface area contributed by atoms with Gasteiger partial charge in [-0.3, -0.25) is 4.79 Å². The molecule has 0 saturated heterocycles. The molecule has 1 fully saturated rings. The summed E-state index contributed by atoms with van der Waals surface area (Å²) >= 11 is 3.34. The number of furan rings is 1. The maximum absolute atomic E-state index is 12.4. The summed E-state index contributed by atoms with van der Waals surface area (Å²) in [5.41, 5.74) is 0.611. The number of aromatic nitrogens is 1. The van der Waals surface area contributed by atoms with Gasteiger partial charge in [-0.05, 0) is 47.0 Å². The van der Waals surface area contributed by atoms with Crippen molar-refractivity contribution in [3.8, 4) is 0 Å². The molecule has 0 radical (unpaired) electrons.